The Morgan fingerprint density at radius 2 is 2.00 bits per heavy atom. The summed E-state index contributed by atoms with van der Waals surface area (Å²) in [6, 6.07) is 3.87. The zero-order valence-corrected chi connectivity index (χ0v) is 15.8. The number of carbonyl (C=O) groups excluding carboxylic acids is 2. The summed E-state index contributed by atoms with van der Waals surface area (Å²) in [6.45, 7) is 5.58. The molecule has 26 heavy (non-hydrogen) atoms. The molecule has 2 amide bonds. The van der Waals surface area contributed by atoms with Crippen molar-refractivity contribution in [1.82, 2.24) is 15.1 Å². The molecule has 2 aliphatic heterocycles. The number of nitrogens with one attached hydrogen (secondary N) is 1. The minimum Gasteiger partial charge on any atom is -0.465 e. The molecule has 3 rings (SSSR count). The summed E-state index contributed by atoms with van der Waals surface area (Å²) in [7, 11) is 0. The molecule has 144 valence electrons. The Morgan fingerprint density at radius 3 is 2.81 bits per heavy atom. The summed E-state index contributed by atoms with van der Waals surface area (Å²) in [5.41, 5.74) is 0. The molecule has 1 atom stereocenters. The number of likely N-dealkylation sites (tertiary alicyclic amines) is 1. The van der Waals surface area contributed by atoms with Gasteiger partial charge in [-0.15, -0.1) is 0 Å². The van der Waals surface area contributed by atoms with Crippen LogP contribution in [0.4, 0.5) is 0 Å². The molecule has 0 aliphatic carbocycles. The van der Waals surface area contributed by atoms with Crippen LogP contribution in [0.5, 0.6) is 0 Å². The fourth-order valence-corrected chi connectivity index (χ4v) is 3.94. The van der Waals surface area contributed by atoms with Crippen LogP contribution in [0, 0.1) is 6.92 Å². The Balaban J connectivity index is 1.62. The maximum atomic E-state index is 13.2. The Kier molecular flexibility index (Phi) is 6.72. The molecule has 2 saturated heterocycles. The standard InChI is InChI=1S/C20H31N3O3/c1-16-8-9-17(26-16)15-23-13-6-7-18(23)20(25)22-12-5-3-2-4-11-21-19(24)10-14-22/h8-9,18H,2-7,10-15H2,1H3,(H,21,24)/t18-/m0/s1. The van der Waals surface area contributed by atoms with Crippen LogP contribution >= 0.6 is 0 Å². The number of aryl methyl sites for hydroxylation is 1. The summed E-state index contributed by atoms with van der Waals surface area (Å²) < 4.78 is 5.69. The lowest BCUT2D eigenvalue weighted by molar-refractivity contribution is -0.136. The number of rotatable bonds is 3. The maximum absolute atomic E-state index is 13.2. The molecule has 3 heterocycles. The van der Waals surface area contributed by atoms with E-state index >= 15 is 0 Å². The molecular weight excluding hydrogens is 330 g/mol. The number of hydrogen-bond acceptors (Lipinski definition) is 4. The van der Waals surface area contributed by atoms with Crippen molar-refractivity contribution in [2.45, 2.75) is 64.5 Å². The third kappa shape index (κ3) is 5.10. The van der Waals surface area contributed by atoms with Gasteiger partial charge in [-0.3, -0.25) is 14.5 Å². The van der Waals surface area contributed by atoms with E-state index in [9.17, 15) is 9.59 Å². The van der Waals surface area contributed by atoms with E-state index in [0.29, 0.717) is 19.5 Å². The fourth-order valence-electron chi connectivity index (χ4n) is 3.94. The van der Waals surface area contributed by atoms with Crippen LogP contribution in [0.1, 0.15) is 56.5 Å². The second-order valence-electron chi connectivity index (χ2n) is 7.48. The second-order valence-corrected chi connectivity index (χ2v) is 7.48. The molecule has 6 heteroatoms. The van der Waals surface area contributed by atoms with Crippen molar-refractivity contribution in [2.75, 3.05) is 26.2 Å². The lowest BCUT2D eigenvalue weighted by atomic mass is 10.1. The molecule has 0 saturated carbocycles. The first-order valence-corrected chi connectivity index (χ1v) is 9.98. The average Bonchev–Trinajstić information content (AvgIpc) is 3.23. The van der Waals surface area contributed by atoms with Crippen molar-refractivity contribution >= 4 is 11.8 Å². The van der Waals surface area contributed by atoms with Crippen molar-refractivity contribution in [3.63, 3.8) is 0 Å². The molecule has 2 fully saturated rings. The molecule has 6 nitrogen and oxygen atoms in total. The lowest BCUT2D eigenvalue weighted by Crippen LogP contribution is -2.46. The highest BCUT2D eigenvalue weighted by atomic mass is 16.3. The van der Waals surface area contributed by atoms with Gasteiger partial charge in [-0.1, -0.05) is 12.8 Å². The summed E-state index contributed by atoms with van der Waals surface area (Å²) in [5.74, 6) is 2.05. The summed E-state index contributed by atoms with van der Waals surface area (Å²) in [5, 5.41) is 2.95. The van der Waals surface area contributed by atoms with E-state index in [-0.39, 0.29) is 17.9 Å². The molecular formula is C20H31N3O3. The van der Waals surface area contributed by atoms with Gasteiger partial charge in [0.05, 0.1) is 12.6 Å². The molecule has 0 bridgehead atoms. The molecule has 0 radical (unpaired) electrons. The molecule has 2 aliphatic rings. The van der Waals surface area contributed by atoms with Crippen LogP contribution in [-0.2, 0) is 16.1 Å². The highest BCUT2D eigenvalue weighted by Crippen LogP contribution is 2.23. The quantitative estimate of drug-likeness (QED) is 0.898. The van der Waals surface area contributed by atoms with Crippen LogP contribution < -0.4 is 5.32 Å². The topological polar surface area (TPSA) is 65.8 Å². The first-order valence-electron chi connectivity index (χ1n) is 9.98. The molecule has 0 spiro atoms. The molecule has 1 N–H and O–H groups in total. The SMILES string of the molecule is Cc1ccc(CN2CCC[C@H]2C(=O)N2CCCCCCNC(=O)CC2)o1. The molecule has 0 unspecified atom stereocenters. The van der Waals surface area contributed by atoms with Gasteiger partial charge in [0, 0.05) is 26.1 Å². The van der Waals surface area contributed by atoms with E-state index in [0.717, 1.165) is 69.7 Å². The number of amides is 2. The van der Waals surface area contributed by atoms with Gasteiger partial charge in [-0.2, -0.15) is 0 Å². The first-order chi connectivity index (χ1) is 12.6. The predicted molar refractivity (Wildman–Crippen MR) is 99.6 cm³/mol. The summed E-state index contributed by atoms with van der Waals surface area (Å²) in [6.07, 6.45) is 6.58. The highest BCUT2D eigenvalue weighted by Gasteiger charge is 2.34. The Bertz CT molecular complexity index is 613. The second kappa shape index (κ2) is 9.21. The molecule has 1 aromatic heterocycles. The van der Waals surface area contributed by atoms with E-state index in [2.05, 4.69) is 10.2 Å². The van der Waals surface area contributed by atoms with E-state index in [1.54, 1.807) is 0 Å². The molecule has 1 aromatic rings. The monoisotopic (exact) mass is 361 g/mol. The van der Waals surface area contributed by atoms with Gasteiger partial charge in [-0.05, 0) is 51.3 Å². The van der Waals surface area contributed by atoms with Gasteiger partial charge >= 0.3 is 0 Å². The fraction of sp³-hybridized carbons (Fsp3) is 0.700. The minimum atomic E-state index is -0.0893. The van der Waals surface area contributed by atoms with Crippen molar-refractivity contribution in [3.05, 3.63) is 23.7 Å². The van der Waals surface area contributed by atoms with E-state index < -0.39 is 0 Å². The van der Waals surface area contributed by atoms with Gasteiger partial charge in [0.25, 0.3) is 0 Å². The average molecular weight is 361 g/mol. The first kappa shape index (κ1) is 19.0. The third-order valence-electron chi connectivity index (χ3n) is 5.40. The van der Waals surface area contributed by atoms with Gasteiger partial charge in [0.2, 0.25) is 11.8 Å². The van der Waals surface area contributed by atoms with E-state index in [1.807, 2.05) is 24.0 Å². The van der Waals surface area contributed by atoms with Gasteiger partial charge in [-0.25, -0.2) is 0 Å². The smallest absolute Gasteiger partial charge is 0.239 e. The predicted octanol–water partition coefficient (Wildman–Crippen LogP) is 2.46. The van der Waals surface area contributed by atoms with Gasteiger partial charge in [0.15, 0.2) is 0 Å². The largest absolute Gasteiger partial charge is 0.465 e. The van der Waals surface area contributed by atoms with Crippen molar-refractivity contribution in [1.29, 1.82) is 0 Å². The zero-order valence-electron chi connectivity index (χ0n) is 15.8. The summed E-state index contributed by atoms with van der Waals surface area (Å²) in [4.78, 5) is 29.3. The Labute approximate surface area is 155 Å². The number of carbonyl (C=O) groups is 2. The Hall–Kier alpha value is -1.82. The van der Waals surface area contributed by atoms with E-state index in [4.69, 9.17) is 4.42 Å². The minimum absolute atomic E-state index is 0.0547. The van der Waals surface area contributed by atoms with Crippen molar-refractivity contribution in [2.24, 2.45) is 0 Å². The summed E-state index contributed by atoms with van der Waals surface area (Å²) >= 11 is 0. The van der Waals surface area contributed by atoms with Crippen LogP contribution in [-0.4, -0.2) is 53.8 Å². The van der Waals surface area contributed by atoms with Crippen molar-refractivity contribution in [3.8, 4) is 0 Å². The number of nitrogens with zero attached hydrogens (tertiary/aromatic N) is 2. The maximum Gasteiger partial charge on any atom is 0.239 e. The van der Waals surface area contributed by atoms with Crippen LogP contribution in [0.25, 0.3) is 0 Å². The van der Waals surface area contributed by atoms with Gasteiger partial charge < -0.3 is 14.6 Å². The number of furan rings is 1. The van der Waals surface area contributed by atoms with Gasteiger partial charge in [0.1, 0.15) is 11.5 Å². The van der Waals surface area contributed by atoms with Crippen molar-refractivity contribution < 1.29 is 14.0 Å². The van der Waals surface area contributed by atoms with Crippen LogP contribution in [0.15, 0.2) is 16.5 Å². The van der Waals surface area contributed by atoms with Crippen LogP contribution in [0.3, 0.4) is 0 Å². The van der Waals surface area contributed by atoms with Crippen LogP contribution in [0.2, 0.25) is 0 Å². The third-order valence-corrected chi connectivity index (χ3v) is 5.40. The number of hydrogen-bond donors (Lipinski definition) is 1. The Morgan fingerprint density at radius 1 is 1.15 bits per heavy atom. The molecule has 0 aromatic carbocycles. The normalized spacial score (nSPS) is 23.5. The highest BCUT2D eigenvalue weighted by molar-refractivity contribution is 5.83. The zero-order chi connectivity index (χ0) is 18.4. The lowest BCUT2D eigenvalue weighted by Gasteiger charge is -2.30. The van der Waals surface area contributed by atoms with E-state index in [1.165, 1.54) is 0 Å².